The number of nitrogens with two attached hydrogens (primary N) is 1. The summed E-state index contributed by atoms with van der Waals surface area (Å²) in [6.45, 7) is 9.36. The number of piperazine rings is 1. The van der Waals surface area contributed by atoms with Gasteiger partial charge in [0.1, 0.15) is 0 Å². The van der Waals surface area contributed by atoms with E-state index in [1.807, 2.05) is 6.07 Å². The first-order chi connectivity index (χ1) is 11.1. The number of nitrogens with one attached hydrogen (secondary N) is 1. The van der Waals surface area contributed by atoms with Crippen LogP contribution in [0.2, 0.25) is 0 Å². The van der Waals surface area contributed by atoms with Crippen molar-refractivity contribution >= 4 is 11.9 Å². The Balaban J connectivity index is 1.64. The topological polar surface area (TPSA) is 87.4 Å². The number of anilines is 1. The number of amides is 1. The Kier molecular flexibility index (Phi) is 6.73. The highest BCUT2D eigenvalue weighted by Crippen LogP contribution is 2.09. The fraction of sp³-hybridized carbons (Fsp3) is 0.688. The van der Waals surface area contributed by atoms with E-state index < -0.39 is 6.04 Å². The molecule has 1 atom stereocenters. The Morgan fingerprint density at radius 2 is 1.91 bits per heavy atom. The third-order valence-electron chi connectivity index (χ3n) is 4.00. The third-order valence-corrected chi connectivity index (χ3v) is 4.00. The molecule has 1 saturated heterocycles. The van der Waals surface area contributed by atoms with Crippen LogP contribution in [-0.4, -0.2) is 66.1 Å². The van der Waals surface area contributed by atoms with Gasteiger partial charge in [-0.25, -0.2) is 9.97 Å². The number of carbonyl (C=O) groups is 1. The normalized spacial score (nSPS) is 17.3. The number of hydrogen-bond donors (Lipinski definition) is 2. The lowest BCUT2D eigenvalue weighted by atomic mass is 10.0. The van der Waals surface area contributed by atoms with Crippen LogP contribution in [0.1, 0.15) is 20.3 Å². The quantitative estimate of drug-likeness (QED) is 0.740. The highest BCUT2D eigenvalue weighted by atomic mass is 16.2. The molecule has 7 nitrogen and oxygen atoms in total. The Labute approximate surface area is 138 Å². The van der Waals surface area contributed by atoms with E-state index in [-0.39, 0.29) is 5.91 Å². The van der Waals surface area contributed by atoms with Crippen LogP contribution in [0.25, 0.3) is 0 Å². The minimum absolute atomic E-state index is 0.0463. The van der Waals surface area contributed by atoms with E-state index in [2.05, 4.69) is 38.9 Å². The molecule has 23 heavy (non-hydrogen) atoms. The minimum atomic E-state index is -0.401. The van der Waals surface area contributed by atoms with Crippen LogP contribution in [0.3, 0.4) is 0 Å². The zero-order chi connectivity index (χ0) is 16.7. The SMILES string of the molecule is CC(C)C[C@H](N)C(=O)NCCN1CCN(c2ncccn2)CC1. The molecule has 3 N–H and O–H groups in total. The summed E-state index contributed by atoms with van der Waals surface area (Å²) in [6.07, 6.45) is 4.26. The largest absolute Gasteiger partial charge is 0.353 e. The molecule has 2 rings (SSSR count). The fourth-order valence-electron chi connectivity index (χ4n) is 2.71. The van der Waals surface area contributed by atoms with Gasteiger partial charge in [-0.1, -0.05) is 13.8 Å². The predicted molar refractivity (Wildman–Crippen MR) is 91.1 cm³/mol. The molecule has 0 radical (unpaired) electrons. The summed E-state index contributed by atoms with van der Waals surface area (Å²) in [6, 6.07) is 1.42. The van der Waals surface area contributed by atoms with Gasteiger partial charge in [0.2, 0.25) is 11.9 Å². The minimum Gasteiger partial charge on any atom is -0.353 e. The monoisotopic (exact) mass is 320 g/mol. The first-order valence-electron chi connectivity index (χ1n) is 8.34. The molecule has 0 saturated carbocycles. The number of hydrogen-bond acceptors (Lipinski definition) is 6. The summed E-state index contributed by atoms with van der Waals surface area (Å²) < 4.78 is 0. The van der Waals surface area contributed by atoms with Crippen molar-refractivity contribution in [3.63, 3.8) is 0 Å². The molecule has 0 bridgehead atoms. The van der Waals surface area contributed by atoms with E-state index in [9.17, 15) is 4.79 Å². The first kappa shape index (κ1) is 17.6. The van der Waals surface area contributed by atoms with E-state index in [1.54, 1.807) is 12.4 Å². The van der Waals surface area contributed by atoms with E-state index in [0.29, 0.717) is 12.5 Å². The van der Waals surface area contributed by atoms with Gasteiger partial charge in [0.15, 0.2) is 0 Å². The highest BCUT2D eigenvalue weighted by Gasteiger charge is 2.19. The molecule has 1 aliphatic rings. The lowest BCUT2D eigenvalue weighted by molar-refractivity contribution is -0.122. The van der Waals surface area contributed by atoms with Crippen molar-refractivity contribution < 1.29 is 4.79 Å². The van der Waals surface area contributed by atoms with Crippen LogP contribution in [0.15, 0.2) is 18.5 Å². The van der Waals surface area contributed by atoms with E-state index in [0.717, 1.165) is 45.1 Å². The van der Waals surface area contributed by atoms with Gasteiger partial charge in [0.05, 0.1) is 6.04 Å². The zero-order valence-corrected chi connectivity index (χ0v) is 14.1. The molecule has 128 valence electrons. The molecule has 0 spiro atoms. The van der Waals surface area contributed by atoms with Gasteiger partial charge in [-0.2, -0.15) is 0 Å². The molecule has 1 aromatic rings. The molecule has 7 heteroatoms. The maximum Gasteiger partial charge on any atom is 0.236 e. The van der Waals surface area contributed by atoms with Gasteiger partial charge in [0, 0.05) is 51.7 Å². The summed E-state index contributed by atoms with van der Waals surface area (Å²) in [5.74, 6) is 1.18. The summed E-state index contributed by atoms with van der Waals surface area (Å²) in [7, 11) is 0. The van der Waals surface area contributed by atoms with Crippen LogP contribution in [0.5, 0.6) is 0 Å². The van der Waals surface area contributed by atoms with Crippen LogP contribution in [0, 0.1) is 5.92 Å². The summed E-state index contributed by atoms with van der Waals surface area (Å²) in [4.78, 5) is 25.0. The number of rotatable bonds is 7. The first-order valence-corrected chi connectivity index (χ1v) is 8.34. The smallest absolute Gasteiger partial charge is 0.236 e. The molecule has 1 fully saturated rings. The molecule has 0 aliphatic carbocycles. The number of aromatic nitrogens is 2. The Morgan fingerprint density at radius 1 is 1.26 bits per heavy atom. The van der Waals surface area contributed by atoms with Gasteiger partial charge in [-0.15, -0.1) is 0 Å². The summed E-state index contributed by atoms with van der Waals surface area (Å²) >= 11 is 0. The highest BCUT2D eigenvalue weighted by molar-refractivity contribution is 5.81. The van der Waals surface area contributed by atoms with Crippen LogP contribution in [0.4, 0.5) is 5.95 Å². The molecule has 1 aromatic heterocycles. The van der Waals surface area contributed by atoms with Crippen molar-refractivity contribution in [1.82, 2.24) is 20.2 Å². The van der Waals surface area contributed by atoms with E-state index >= 15 is 0 Å². The summed E-state index contributed by atoms with van der Waals surface area (Å²) in [5.41, 5.74) is 5.87. The van der Waals surface area contributed by atoms with Crippen molar-refractivity contribution in [1.29, 1.82) is 0 Å². The lowest BCUT2D eigenvalue weighted by Gasteiger charge is -2.34. The van der Waals surface area contributed by atoms with Crippen molar-refractivity contribution in [3.05, 3.63) is 18.5 Å². The molecule has 1 amide bonds. The van der Waals surface area contributed by atoms with E-state index in [4.69, 9.17) is 5.73 Å². The molecule has 1 aliphatic heterocycles. The fourth-order valence-corrected chi connectivity index (χ4v) is 2.71. The maximum atomic E-state index is 11.9. The molecule has 0 aromatic carbocycles. The Bertz CT molecular complexity index is 473. The predicted octanol–water partition coefficient (Wildman–Crippen LogP) is 0.0882. The van der Waals surface area contributed by atoms with Crippen molar-refractivity contribution in [3.8, 4) is 0 Å². The van der Waals surface area contributed by atoms with Crippen molar-refractivity contribution in [2.45, 2.75) is 26.3 Å². The Hall–Kier alpha value is -1.73. The standard InChI is InChI=1S/C16H28N6O/c1-13(2)12-14(17)15(23)18-6-7-21-8-10-22(11-9-21)16-19-4-3-5-20-16/h3-5,13-14H,6-12,17H2,1-2H3,(H,18,23)/t14-/m0/s1. The van der Waals surface area contributed by atoms with Gasteiger partial charge < -0.3 is 16.0 Å². The molecule has 0 unspecified atom stereocenters. The van der Waals surface area contributed by atoms with Gasteiger partial charge >= 0.3 is 0 Å². The van der Waals surface area contributed by atoms with Crippen molar-refractivity contribution in [2.24, 2.45) is 11.7 Å². The summed E-state index contributed by atoms with van der Waals surface area (Å²) in [5, 5.41) is 2.93. The van der Waals surface area contributed by atoms with Crippen LogP contribution >= 0.6 is 0 Å². The molecular formula is C16H28N6O. The molecular weight excluding hydrogens is 292 g/mol. The number of carbonyl (C=O) groups excluding carboxylic acids is 1. The molecule has 2 heterocycles. The second-order valence-corrected chi connectivity index (χ2v) is 6.40. The van der Waals surface area contributed by atoms with Crippen molar-refractivity contribution in [2.75, 3.05) is 44.2 Å². The second-order valence-electron chi connectivity index (χ2n) is 6.40. The average molecular weight is 320 g/mol. The lowest BCUT2D eigenvalue weighted by Crippen LogP contribution is -2.50. The van der Waals surface area contributed by atoms with E-state index in [1.165, 1.54) is 0 Å². The maximum absolute atomic E-state index is 11.9. The average Bonchev–Trinajstić information content (AvgIpc) is 2.55. The third kappa shape index (κ3) is 5.76. The van der Waals surface area contributed by atoms with Gasteiger partial charge in [-0.05, 0) is 18.4 Å². The number of nitrogens with zero attached hydrogens (tertiary/aromatic N) is 4. The van der Waals surface area contributed by atoms with Gasteiger partial charge in [0.25, 0.3) is 0 Å². The van der Waals surface area contributed by atoms with Crippen LogP contribution in [-0.2, 0) is 4.79 Å². The van der Waals surface area contributed by atoms with Gasteiger partial charge in [-0.3, -0.25) is 9.69 Å². The zero-order valence-electron chi connectivity index (χ0n) is 14.1. The second kappa shape index (κ2) is 8.79. The Morgan fingerprint density at radius 3 is 2.52 bits per heavy atom. The van der Waals surface area contributed by atoms with Crippen LogP contribution < -0.4 is 16.0 Å².